The van der Waals surface area contributed by atoms with E-state index in [0.717, 1.165) is 18.8 Å². The summed E-state index contributed by atoms with van der Waals surface area (Å²) in [4.78, 5) is 4.44. The summed E-state index contributed by atoms with van der Waals surface area (Å²) < 4.78 is 0. The van der Waals surface area contributed by atoms with Crippen LogP contribution in [0.1, 0.15) is 19.3 Å². The number of nitrogens with one attached hydrogen (secondary N) is 1. The molecule has 0 saturated heterocycles. The van der Waals surface area contributed by atoms with Gasteiger partial charge in [-0.15, -0.1) is 0 Å². The number of pyridine rings is 1. The Bertz CT molecular complexity index is 533. The van der Waals surface area contributed by atoms with Crippen molar-refractivity contribution in [3.63, 3.8) is 0 Å². The summed E-state index contributed by atoms with van der Waals surface area (Å²) in [5.74, 6) is 1.57. The van der Waals surface area contributed by atoms with Gasteiger partial charge in [0.15, 0.2) is 0 Å². The molecule has 0 spiro atoms. The molecule has 2 unspecified atom stereocenters. The Hall–Kier alpha value is -1.61. The molecule has 1 aliphatic rings. The van der Waals surface area contributed by atoms with Crippen molar-refractivity contribution in [2.75, 3.05) is 11.9 Å². The first kappa shape index (κ1) is 11.5. The lowest BCUT2D eigenvalue weighted by atomic mass is 10.0. The van der Waals surface area contributed by atoms with Crippen LogP contribution in [0.15, 0.2) is 36.5 Å². The fourth-order valence-corrected chi connectivity index (χ4v) is 2.81. The molecule has 18 heavy (non-hydrogen) atoms. The molecule has 3 heteroatoms. The smallest absolute Gasteiger partial charge is 0.133 e. The normalized spacial score (nSPS) is 23.4. The maximum Gasteiger partial charge on any atom is 0.133 e. The average molecular weight is 241 g/mol. The fourth-order valence-electron chi connectivity index (χ4n) is 2.81. The standard InChI is InChI=1S/C15H19N3/c16-14-7-3-5-12(14)10-18-15-13-6-2-1-4-11(13)8-9-17-15/h1-2,4,6,8-9,12,14H,3,5,7,10,16H2,(H,17,18). The molecule has 0 radical (unpaired) electrons. The van der Waals surface area contributed by atoms with E-state index in [-0.39, 0.29) is 0 Å². The van der Waals surface area contributed by atoms with Crippen LogP contribution in [0.2, 0.25) is 0 Å². The Labute approximate surface area is 107 Å². The van der Waals surface area contributed by atoms with Gasteiger partial charge in [0.1, 0.15) is 5.82 Å². The van der Waals surface area contributed by atoms with Crippen LogP contribution < -0.4 is 11.1 Å². The quantitative estimate of drug-likeness (QED) is 0.868. The third kappa shape index (κ3) is 2.18. The second-order valence-corrected chi connectivity index (χ2v) is 5.12. The van der Waals surface area contributed by atoms with Crippen LogP contribution in [0.25, 0.3) is 10.8 Å². The van der Waals surface area contributed by atoms with Gasteiger partial charge in [-0.05, 0) is 30.2 Å². The minimum absolute atomic E-state index is 0.354. The van der Waals surface area contributed by atoms with Gasteiger partial charge in [0.25, 0.3) is 0 Å². The number of rotatable bonds is 3. The molecule has 1 heterocycles. The van der Waals surface area contributed by atoms with Crippen molar-refractivity contribution in [3.8, 4) is 0 Å². The van der Waals surface area contributed by atoms with E-state index in [2.05, 4.69) is 34.6 Å². The minimum Gasteiger partial charge on any atom is -0.369 e. The molecule has 1 aromatic heterocycles. The van der Waals surface area contributed by atoms with Crippen molar-refractivity contribution in [2.24, 2.45) is 11.7 Å². The van der Waals surface area contributed by atoms with Gasteiger partial charge in [-0.1, -0.05) is 30.7 Å². The second kappa shape index (κ2) is 4.94. The molecule has 1 aromatic carbocycles. The zero-order valence-electron chi connectivity index (χ0n) is 10.5. The fraction of sp³-hybridized carbons (Fsp3) is 0.400. The molecule has 0 aliphatic heterocycles. The number of nitrogens with two attached hydrogens (primary N) is 1. The van der Waals surface area contributed by atoms with Gasteiger partial charge in [0.2, 0.25) is 0 Å². The lowest BCUT2D eigenvalue weighted by Gasteiger charge is -2.17. The number of fused-ring (bicyclic) bond motifs is 1. The van der Waals surface area contributed by atoms with E-state index in [1.165, 1.54) is 23.6 Å². The summed E-state index contributed by atoms with van der Waals surface area (Å²) in [6, 6.07) is 10.7. The van der Waals surface area contributed by atoms with E-state index in [4.69, 9.17) is 5.73 Å². The predicted molar refractivity (Wildman–Crippen MR) is 75.5 cm³/mol. The van der Waals surface area contributed by atoms with E-state index in [9.17, 15) is 0 Å². The zero-order chi connectivity index (χ0) is 12.4. The Kier molecular flexibility index (Phi) is 3.15. The molecule has 3 rings (SSSR count). The molecule has 2 aromatic rings. The van der Waals surface area contributed by atoms with E-state index in [0.29, 0.717) is 12.0 Å². The molecule has 1 saturated carbocycles. The number of nitrogens with zero attached hydrogens (tertiary/aromatic N) is 1. The summed E-state index contributed by atoms with van der Waals surface area (Å²) in [5.41, 5.74) is 6.10. The Morgan fingerprint density at radius 3 is 2.94 bits per heavy atom. The highest BCUT2D eigenvalue weighted by Gasteiger charge is 2.23. The lowest BCUT2D eigenvalue weighted by molar-refractivity contribution is 0.505. The lowest BCUT2D eigenvalue weighted by Crippen LogP contribution is -2.29. The van der Waals surface area contributed by atoms with E-state index in [1.54, 1.807) is 0 Å². The van der Waals surface area contributed by atoms with Gasteiger partial charge in [-0.25, -0.2) is 4.98 Å². The van der Waals surface area contributed by atoms with Crippen LogP contribution in [-0.4, -0.2) is 17.6 Å². The highest BCUT2D eigenvalue weighted by atomic mass is 15.0. The molecule has 1 aliphatic carbocycles. The Morgan fingerprint density at radius 2 is 2.11 bits per heavy atom. The van der Waals surface area contributed by atoms with Crippen LogP contribution in [0.4, 0.5) is 5.82 Å². The van der Waals surface area contributed by atoms with Crippen molar-refractivity contribution in [3.05, 3.63) is 36.5 Å². The predicted octanol–water partition coefficient (Wildman–Crippen LogP) is 2.77. The molecule has 94 valence electrons. The van der Waals surface area contributed by atoms with E-state index >= 15 is 0 Å². The number of benzene rings is 1. The van der Waals surface area contributed by atoms with Crippen LogP contribution in [0.5, 0.6) is 0 Å². The third-order valence-electron chi connectivity index (χ3n) is 3.92. The summed E-state index contributed by atoms with van der Waals surface area (Å²) in [5, 5.41) is 5.88. The number of hydrogen-bond acceptors (Lipinski definition) is 3. The van der Waals surface area contributed by atoms with Gasteiger partial charge >= 0.3 is 0 Å². The Morgan fingerprint density at radius 1 is 1.22 bits per heavy atom. The monoisotopic (exact) mass is 241 g/mol. The highest BCUT2D eigenvalue weighted by Crippen LogP contribution is 2.25. The van der Waals surface area contributed by atoms with Gasteiger partial charge in [-0.2, -0.15) is 0 Å². The van der Waals surface area contributed by atoms with Crippen LogP contribution in [0, 0.1) is 5.92 Å². The average Bonchev–Trinajstić information content (AvgIpc) is 2.82. The van der Waals surface area contributed by atoms with Crippen molar-refractivity contribution in [1.29, 1.82) is 0 Å². The first-order valence-electron chi connectivity index (χ1n) is 6.68. The summed E-state index contributed by atoms with van der Waals surface area (Å²) in [6.07, 6.45) is 5.52. The SMILES string of the molecule is NC1CCCC1CNc1nccc2ccccc12. The molecule has 2 atom stereocenters. The number of aromatic nitrogens is 1. The van der Waals surface area contributed by atoms with Crippen molar-refractivity contribution in [2.45, 2.75) is 25.3 Å². The molecule has 0 amide bonds. The minimum atomic E-state index is 0.354. The summed E-state index contributed by atoms with van der Waals surface area (Å²) in [6.45, 7) is 0.933. The van der Waals surface area contributed by atoms with Crippen LogP contribution in [0.3, 0.4) is 0 Å². The largest absolute Gasteiger partial charge is 0.369 e. The molecular formula is C15H19N3. The van der Waals surface area contributed by atoms with Crippen molar-refractivity contribution < 1.29 is 0 Å². The van der Waals surface area contributed by atoms with Crippen LogP contribution >= 0.6 is 0 Å². The maximum atomic E-state index is 6.10. The molecular weight excluding hydrogens is 222 g/mol. The third-order valence-corrected chi connectivity index (χ3v) is 3.92. The van der Waals surface area contributed by atoms with Gasteiger partial charge < -0.3 is 11.1 Å². The molecule has 0 bridgehead atoms. The zero-order valence-corrected chi connectivity index (χ0v) is 10.5. The summed E-state index contributed by atoms with van der Waals surface area (Å²) in [7, 11) is 0. The second-order valence-electron chi connectivity index (χ2n) is 5.12. The van der Waals surface area contributed by atoms with Gasteiger partial charge in [0, 0.05) is 24.2 Å². The van der Waals surface area contributed by atoms with Crippen LogP contribution in [-0.2, 0) is 0 Å². The summed E-state index contributed by atoms with van der Waals surface area (Å²) >= 11 is 0. The molecule has 1 fully saturated rings. The maximum absolute atomic E-state index is 6.10. The first-order chi connectivity index (χ1) is 8.84. The number of hydrogen-bond donors (Lipinski definition) is 2. The van der Waals surface area contributed by atoms with Crippen molar-refractivity contribution in [1.82, 2.24) is 4.98 Å². The molecule has 3 N–H and O–H groups in total. The van der Waals surface area contributed by atoms with Crippen molar-refractivity contribution >= 4 is 16.6 Å². The van der Waals surface area contributed by atoms with Gasteiger partial charge in [-0.3, -0.25) is 0 Å². The highest BCUT2D eigenvalue weighted by molar-refractivity contribution is 5.91. The van der Waals surface area contributed by atoms with Gasteiger partial charge in [0.05, 0.1) is 0 Å². The Balaban J connectivity index is 1.78. The topological polar surface area (TPSA) is 50.9 Å². The number of anilines is 1. The first-order valence-corrected chi connectivity index (χ1v) is 6.68. The van der Waals surface area contributed by atoms with E-state index in [1.807, 2.05) is 12.3 Å². The molecule has 3 nitrogen and oxygen atoms in total. The van der Waals surface area contributed by atoms with E-state index < -0.39 is 0 Å².